The maximum Gasteiger partial charge on any atom is 0.252 e. The Morgan fingerprint density at radius 2 is 2.10 bits per heavy atom. The number of methoxy groups -OCH3 is 1. The predicted molar refractivity (Wildman–Crippen MR) is 87.4 cm³/mol. The number of likely N-dealkylation sites (N-methyl/N-ethyl adjacent to an activating group) is 1. The minimum absolute atomic E-state index is 0.385. The summed E-state index contributed by atoms with van der Waals surface area (Å²) in [5.41, 5.74) is 1.03. The molecule has 1 heterocycles. The summed E-state index contributed by atoms with van der Waals surface area (Å²) in [6.07, 6.45) is 1.07. The van der Waals surface area contributed by atoms with E-state index in [0.717, 1.165) is 30.0 Å². The first kappa shape index (κ1) is 18.6. The number of thiophene rings is 1. The summed E-state index contributed by atoms with van der Waals surface area (Å²) in [5.74, 6) is 0. The van der Waals surface area contributed by atoms with Gasteiger partial charge in [0, 0.05) is 31.6 Å². The highest BCUT2D eigenvalue weighted by atomic mass is 32.2. The van der Waals surface area contributed by atoms with E-state index in [-0.39, 0.29) is 0 Å². The fraction of sp³-hybridized carbons (Fsp3) is 0.714. The van der Waals surface area contributed by atoms with Crippen molar-refractivity contribution >= 4 is 21.4 Å². The van der Waals surface area contributed by atoms with Crippen molar-refractivity contribution in [1.29, 1.82) is 0 Å². The summed E-state index contributed by atoms with van der Waals surface area (Å²) in [6.45, 7) is 8.82. The highest BCUT2D eigenvalue weighted by Gasteiger charge is 2.25. The van der Waals surface area contributed by atoms with E-state index in [1.807, 2.05) is 13.8 Å². The Bertz CT molecular complexity index is 526. The molecule has 0 saturated heterocycles. The van der Waals surface area contributed by atoms with Crippen LogP contribution in [-0.2, 0) is 21.3 Å². The summed E-state index contributed by atoms with van der Waals surface area (Å²) in [7, 11) is -1.83. The van der Waals surface area contributed by atoms with Crippen molar-refractivity contribution in [3.63, 3.8) is 0 Å². The molecule has 1 rings (SSSR count). The van der Waals surface area contributed by atoms with Crippen LogP contribution >= 0.6 is 11.3 Å². The molecule has 0 unspecified atom stereocenters. The minimum Gasteiger partial charge on any atom is -0.383 e. The van der Waals surface area contributed by atoms with Gasteiger partial charge in [0.1, 0.15) is 4.21 Å². The van der Waals surface area contributed by atoms with Crippen LogP contribution in [0.5, 0.6) is 0 Å². The van der Waals surface area contributed by atoms with E-state index in [9.17, 15) is 8.42 Å². The maximum absolute atomic E-state index is 12.6. The Labute approximate surface area is 132 Å². The minimum atomic E-state index is -3.41. The third-order valence-corrected chi connectivity index (χ3v) is 6.86. The van der Waals surface area contributed by atoms with Crippen molar-refractivity contribution in [2.75, 3.05) is 33.4 Å². The molecular formula is C14H26N2O3S2. The van der Waals surface area contributed by atoms with Gasteiger partial charge in [-0.3, -0.25) is 0 Å². The molecule has 1 aromatic heterocycles. The van der Waals surface area contributed by atoms with Crippen molar-refractivity contribution in [3.8, 4) is 0 Å². The Morgan fingerprint density at radius 1 is 1.38 bits per heavy atom. The second-order valence-electron chi connectivity index (χ2n) is 4.84. The van der Waals surface area contributed by atoms with Gasteiger partial charge in [-0.1, -0.05) is 13.8 Å². The van der Waals surface area contributed by atoms with Crippen LogP contribution in [0.3, 0.4) is 0 Å². The van der Waals surface area contributed by atoms with Crippen LogP contribution in [0.15, 0.2) is 10.3 Å². The van der Waals surface area contributed by atoms with E-state index >= 15 is 0 Å². The van der Waals surface area contributed by atoms with Crippen LogP contribution in [0.25, 0.3) is 0 Å². The molecular weight excluding hydrogens is 308 g/mol. The van der Waals surface area contributed by atoms with Crippen molar-refractivity contribution in [2.24, 2.45) is 0 Å². The molecule has 0 radical (unpaired) electrons. The molecule has 0 aromatic carbocycles. The van der Waals surface area contributed by atoms with E-state index in [0.29, 0.717) is 23.9 Å². The molecule has 5 nitrogen and oxygen atoms in total. The van der Waals surface area contributed by atoms with Gasteiger partial charge in [-0.05, 0) is 31.5 Å². The molecule has 1 aromatic rings. The van der Waals surface area contributed by atoms with Gasteiger partial charge in [0.05, 0.1) is 6.61 Å². The highest BCUT2D eigenvalue weighted by molar-refractivity contribution is 7.91. The summed E-state index contributed by atoms with van der Waals surface area (Å²) in [5, 5.41) is 3.32. The highest BCUT2D eigenvalue weighted by Crippen LogP contribution is 2.28. The summed E-state index contributed by atoms with van der Waals surface area (Å²) >= 11 is 1.36. The molecule has 1 N–H and O–H groups in total. The van der Waals surface area contributed by atoms with Crippen LogP contribution < -0.4 is 5.32 Å². The molecule has 0 aliphatic rings. The van der Waals surface area contributed by atoms with Crippen molar-refractivity contribution in [3.05, 3.63) is 16.5 Å². The number of nitrogens with zero attached hydrogens (tertiary/aromatic N) is 1. The number of hydrogen-bond donors (Lipinski definition) is 1. The zero-order valence-electron chi connectivity index (χ0n) is 13.3. The van der Waals surface area contributed by atoms with Gasteiger partial charge in [0.15, 0.2) is 0 Å². The Kier molecular flexibility index (Phi) is 7.83. The lowest BCUT2D eigenvalue weighted by molar-refractivity contribution is 0.180. The fourth-order valence-electron chi connectivity index (χ4n) is 1.94. The van der Waals surface area contributed by atoms with Crippen LogP contribution in [0.2, 0.25) is 0 Å². The van der Waals surface area contributed by atoms with Gasteiger partial charge in [0.25, 0.3) is 10.0 Å². The first-order valence-corrected chi connectivity index (χ1v) is 9.52. The second kappa shape index (κ2) is 8.85. The summed E-state index contributed by atoms with van der Waals surface area (Å²) < 4.78 is 32.1. The van der Waals surface area contributed by atoms with Crippen LogP contribution in [-0.4, -0.2) is 46.1 Å². The van der Waals surface area contributed by atoms with Gasteiger partial charge in [0.2, 0.25) is 0 Å². The molecule has 7 heteroatoms. The number of aryl methyl sites for hydroxylation is 1. The van der Waals surface area contributed by atoms with Crippen LogP contribution in [0.4, 0.5) is 0 Å². The largest absolute Gasteiger partial charge is 0.383 e. The molecule has 0 aliphatic heterocycles. The average Bonchev–Trinajstić information content (AvgIpc) is 2.82. The maximum atomic E-state index is 12.6. The van der Waals surface area contributed by atoms with E-state index in [4.69, 9.17) is 4.74 Å². The van der Waals surface area contributed by atoms with Gasteiger partial charge in [-0.25, -0.2) is 8.42 Å². The molecule has 0 amide bonds. The lowest BCUT2D eigenvalue weighted by Gasteiger charge is -2.18. The van der Waals surface area contributed by atoms with E-state index in [2.05, 4.69) is 12.2 Å². The standard InChI is InChI=1S/C14H26N2O3S2/c1-5-7-15-11-13-12(3)10-14(20-13)21(17,18)16(6-2)8-9-19-4/h10,15H,5-9,11H2,1-4H3. The average molecular weight is 335 g/mol. The molecule has 0 saturated carbocycles. The van der Waals surface area contributed by atoms with Gasteiger partial charge < -0.3 is 10.1 Å². The molecule has 0 aliphatic carbocycles. The van der Waals surface area contributed by atoms with Crippen molar-refractivity contribution < 1.29 is 13.2 Å². The van der Waals surface area contributed by atoms with E-state index in [1.54, 1.807) is 13.2 Å². The quantitative estimate of drug-likeness (QED) is 0.667. The molecule has 0 fully saturated rings. The normalized spacial score (nSPS) is 12.2. The number of hydrogen-bond acceptors (Lipinski definition) is 5. The Balaban J connectivity index is 2.89. The molecule has 0 atom stereocenters. The topological polar surface area (TPSA) is 58.6 Å². The van der Waals surface area contributed by atoms with E-state index in [1.165, 1.54) is 15.6 Å². The SMILES string of the molecule is CCCNCc1sc(S(=O)(=O)N(CC)CCOC)cc1C. The number of ether oxygens (including phenoxy) is 1. The molecule has 0 spiro atoms. The first-order chi connectivity index (χ1) is 9.97. The number of rotatable bonds is 10. The van der Waals surface area contributed by atoms with E-state index < -0.39 is 10.0 Å². The molecule has 0 bridgehead atoms. The van der Waals surface area contributed by atoms with Gasteiger partial charge in [-0.2, -0.15) is 4.31 Å². The zero-order chi connectivity index (χ0) is 15.9. The Morgan fingerprint density at radius 3 is 2.67 bits per heavy atom. The third kappa shape index (κ3) is 5.03. The first-order valence-electron chi connectivity index (χ1n) is 7.26. The van der Waals surface area contributed by atoms with Crippen LogP contribution in [0.1, 0.15) is 30.7 Å². The monoisotopic (exact) mass is 334 g/mol. The second-order valence-corrected chi connectivity index (χ2v) is 8.14. The summed E-state index contributed by atoms with van der Waals surface area (Å²) in [6, 6.07) is 1.78. The predicted octanol–water partition coefficient (Wildman–Crippen LogP) is 2.21. The number of nitrogens with one attached hydrogen (secondary N) is 1. The van der Waals surface area contributed by atoms with Gasteiger partial charge >= 0.3 is 0 Å². The van der Waals surface area contributed by atoms with Crippen LogP contribution in [0, 0.1) is 6.92 Å². The lowest BCUT2D eigenvalue weighted by Crippen LogP contribution is -2.33. The molecule has 122 valence electrons. The summed E-state index contributed by atoms with van der Waals surface area (Å²) in [4.78, 5) is 1.09. The zero-order valence-corrected chi connectivity index (χ0v) is 14.9. The van der Waals surface area contributed by atoms with Crippen molar-refractivity contribution in [1.82, 2.24) is 9.62 Å². The fourth-order valence-corrected chi connectivity index (χ4v) is 5.09. The lowest BCUT2D eigenvalue weighted by atomic mass is 10.3. The smallest absolute Gasteiger partial charge is 0.252 e. The van der Waals surface area contributed by atoms with Crippen molar-refractivity contribution in [2.45, 2.75) is 37.9 Å². The third-order valence-electron chi connectivity index (χ3n) is 3.20. The molecule has 21 heavy (non-hydrogen) atoms. The Hall–Kier alpha value is -0.470. The number of sulfonamides is 1. The van der Waals surface area contributed by atoms with Gasteiger partial charge in [-0.15, -0.1) is 11.3 Å².